The highest BCUT2D eigenvalue weighted by Gasteiger charge is 2.24. The molecular weight excluding hydrogens is 422 g/mol. The highest BCUT2D eigenvalue weighted by molar-refractivity contribution is 9.10. The lowest BCUT2D eigenvalue weighted by atomic mass is 10.1. The first kappa shape index (κ1) is 18.7. The van der Waals surface area contributed by atoms with Crippen molar-refractivity contribution < 1.29 is 9.72 Å². The molecule has 0 aromatic heterocycles. The van der Waals surface area contributed by atoms with Crippen LogP contribution in [-0.4, -0.2) is 23.9 Å². The van der Waals surface area contributed by atoms with Gasteiger partial charge in [-0.1, -0.05) is 23.7 Å². The average molecular weight is 439 g/mol. The number of benzene rings is 2. The summed E-state index contributed by atoms with van der Waals surface area (Å²) < 4.78 is 0.659. The minimum Gasteiger partial charge on any atom is -0.366 e. The highest BCUT2D eigenvalue weighted by atomic mass is 79.9. The molecular formula is C18H17BrClN3O3. The largest absolute Gasteiger partial charge is 0.366 e. The summed E-state index contributed by atoms with van der Waals surface area (Å²) in [5.74, 6) is -0.335. The van der Waals surface area contributed by atoms with Crippen LogP contribution in [0.4, 0.5) is 17.1 Å². The first-order valence-corrected chi connectivity index (χ1v) is 9.43. The Morgan fingerprint density at radius 1 is 1.19 bits per heavy atom. The van der Waals surface area contributed by atoms with E-state index < -0.39 is 4.92 Å². The zero-order chi connectivity index (χ0) is 18.7. The molecule has 0 radical (unpaired) electrons. The molecule has 2 aromatic rings. The Balaban J connectivity index is 1.95. The van der Waals surface area contributed by atoms with Crippen LogP contribution in [0.1, 0.15) is 29.6 Å². The highest BCUT2D eigenvalue weighted by Crippen LogP contribution is 2.38. The van der Waals surface area contributed by atoms with Crippen LogP contribution >= 0.6 is 27.5 Å². The van der Waals surface area contributed by atoms with E-state index in [0.717, 1.165) is 32.4 Å². The summed E-state index contributed by atoms with van der Waals surface area (Å²) in [7, 11) is 0. The molecule has 8 heteroatoms. The fraction of sp³-hybridized carbons (Fsp3) is 0.278. The molecule has 1 N–H and O–H groups in total. The van der Waals surface area contributed by atoms with E-state index in [9.17, 15) is 14.9 Å². The van der Waals surface area contributed by atoms with Crippen molar-refractivity contribution in [1.29, 1.82) is 0 Å². The lowest BCUT2D eigenvalue weighted by molar-refractivity contribution is -0.384. The standard InChI is InChI=1S/C18H17BrClN3O3/c19-13-7-3-2-6-12(13)18(24)21-15-11-16(22-8-4-1-5-9-22)17(23(25)26)10-14(15)20/h2-3,6-7,10-11H,1,4-5,8-9H2,(H,21,24). The van der Waals surface area contributed by atoms with Gasteiger partial charge in [0.05, 0.1) is 21.2 Å². The number of piperidine rings is 1. The molecule has 3 rings (SSSR count). The lowest BCUT2D eigenvalue weighted by Gasteiger charge is -2.29. The maximum Gasteiger partial charge on any atom is 0.294 e. The van der Waals surface area contributed by atoms with Crippen LogP contribution in [0.15, 0.2) is 40.9 Å². The predicted octanol–water partition coefficient (Wildman–Crippen LogP) is 5.25. The molecule has 0 bridgehead atoms. The molecule has 1 fully saturated rings. The number of nitro groups is 1. The van der Waals surface area contributed by atoms with Crippen molar-refractivity contribution in [3.63, 3.8) is 0 Å². The molecule has 1 aliphatic rings. The summed E-state index contributed by atoms with van der Waals surface area (Å²) in [5, 5.41) is 14.3. The molecule has 2 aromatic carbocycles. The van der Waals surface area contributed by atoms with Crippen LogP contribution in [0.5, 0.6) is 0 Å². The van der Waals surface area contributed by atoms with Crippen molar-refractivity contribution >= 4 is 50.5 Å². The van der Waals surface area contributed by atoms with Gasteiger partial charge in [-0.3, -0.25) is 14.9 Å². The van der Waals surface area contributed by atoms with E-state index in [2.05, 4.69) is 21.2 Å². The van der Waals surface area contributed by atoms with E-state index in [1.165, 1.54) is 6.07 Å². The van der Waals surface area contributed by atoms with Gasteiger partial charge in [0.25, 0.3) is 11.6 Å². The molecule has 0 aliphatic carbocycles. The number of anilines is 2. The number of nitrogens with zero attached hydrogens (tertiary/aromatic N) is 2. The van der Waals surface area contributed by atoms with Gasteiger partial charge in [0.15, 0.2) is 0 Å². The molecule has 1 saturated heterocycles. The number of amides is 1. The van der Waals surface area contributed by atoms with Gasteiger partial charge in [-0.25, -0.2) is 0 Å². The topological polar surface area (TPSA) is 75.5 Å². The van der Waals surface area contributed by atoms with Gasteiger partial charge < -0.3 is 10.2 Å². The molecule has 136 valence electrons. The molecule has 0 atom stereocenters. The first-order valence-electron chi connectivity index (χ1n) is 8.26. The second kappa shape index (κ2) is 8.05. The smallest absolute Gasteiger partial charge is 0.294 e. The van der Waals surface area contributed by atoms with Crippen LogP contribution in [0.2, 0.25) is 5.02 Å². The SMILES string of the molecule is O=C(Nc1cc(N2CCCCC2)c([N+](=O)[O-])cc1Cl)c1ccccc1Br. The van der Waals surface area contributed by atoms with Gasteiger partial charge in [0.2, 0.25) is 0 Å². The number of halogens is 2. The van der Waals surface area contributed by atoms with Crippen molar-refractivity contribution in [3.05, 3.63) is 61.6 Å². The number of nitrogens with one attached hydrogen (secondary N) is 1. The van der Waals surface area contributed by atoms with Crippen LogP contribution in [0, 0.1) is 10.1 Å². The van der Waals surface area contributed by atoms with Crippen molar-refractivity contribution in [2.24, 2.45) is 0 Å². The summed E-state index contributed by atoms with van der Waals surface area (Å²) >= 11 is 9.55. The molecule has 1 heterocycles. The molecule has 1 amide bonds. The quantitative estimate of drug-likeness (QED) is 0.522. The Labute approximate surface area is 164 Å². The Hall–Kier alpha value is -2.12. The van der Waals surface area contributed by atoms with Crippen molar-refractivity contribution in [2.75, 3.05) is 23.3 Å². The van der Waals surface area contributed by atoms with Gasteiger partial charge >= 0.3 is 0 Å². The number of hydrogen-bond donors (Lipinski definition) is 1. The summed E-state index contributed by atoms with van der Waals surface area (Å²) in [5.41, 5.74) is 1.26. The fourth-order valence-corrected chi connectivity index (χ4v) is 3.69. The monoisotopic (exact) mass is 437 g/mol. The van der Waals surface area contributed by atoms with Crippen molar-refractivity contribution in [1.82, 2.24) is 0 Å². The molecule has 26 heavy (non-hydrogen) atoms. The maximum absolute atomic E-state index is 12.5. The first-order chi connectivity index (χ1) is 12.5. The zero-order valence-corrected chi connectivity index (χ0v) is 16.2. The zero-order valence-electron chi connectivity index (χ0n) is 13.9. The predicted molar refractivity (Wildman–Crippen MR) is 106 cm³/mol. The molecule has 0 spiro atoms. The van der Waals surface area contributed by atoms with Gasteiger partial charge in [-0.05, 0) is 53.4 Å². The van der Waals surface area contributed by atoms with E-state index in [1.807, 2.05) is 11.0 Å². The molecule has 0 saturated carbocycles. The van der Waals surface area contributed by atoms with Crippen molar-refractivity contribution in [3.8, 4) is 0 Å². The summed E-state index contributed by atoms with van der Waals surface area (Å²) in [6, 6.07) is 9.93. The molecule has 1 aliphatic heterocycles. The van der Waals surface area contributed by atoms with Crippen LogP contribution in [0.25, 0.3) is 0 Å². The fourth-order valence-electron chi connectivity index (χ4n) is 3.02. The maximum atomic E-state index is 12.5. The third kappa shape index (κ3) is 3.99. The van der Waals surface area contributed by atoms with Gasteiger partial charge in [-0.2, -0.15) is 0 Å². The number of rotatable bonds is 4. The average Bonchev–Trinajstić information content (AvgIpc) is 2.64. The van der Waals surface area contributed by atoms with E-state index >= 15 is 0 Å². The summed E-state index contributed by atoms with van der Waals surface area (Å²) in [4.78, 5) is 25.5. The third-order valence-electron chi connectivity index (χ3n) is 4.32. The Kier molecular flexibility index (Phi) is 5.78. The van der Waals surface area contributed by atoms with E-state index in [0.29, 0.717) is 21.4 Å². The van der Waals surface area contributed by atoms with Gasteiger partial charge in [0, 0.05) is 23.6 Å². The number of carbonyl (C=O) groups excluding carboxylic acids is 1. The molecule has 6 nitrogen and oxygen atoms in total. The Morgan fingerprint density at radius 3 is 2.54 bits per heavy atom. The minimum atomic E-state index is -0.435. The second-order valence-corrected chi connectivity index (χ2v) is 7.32. The van der Waals surface area contributed by atoms with Crippen LogP contribution in [-0.2, 0) is 0 Å². The van der Waals surface area contributed by atoms with Crippen molar-refractivity contribution in [2.45, 2.75) is 19.3 Å². The number of carbonyl (C=O) groups is 1. The third-order valence-corrected chi connectivity index (χ3v) is 5.33. The number of hydrogen-bond acceptors (Lipinski definition) is 4. The van der Waals surface area contributed by atoms with Gasteiger partial charge in [-0.15, -0.1) is 0 Å². The van der Waals surface area contributed by atoms with E-state index in [4.69, 9.17) is 11.6 Å². The van der Waals surface area contributed by atoms with Crippen LogP contribution in [0.3, 0.4) is 0 Å². The Bertz CT molecular complexity index is 854. The Morgan fingerprint density at radius 2 is 1.88 bits per heavy atom. The van der Waals surface area contributed by atoms with E-state index in [-0.39, 0.29) is 16.6 Å². The van der Waals surface area contributed by atoms with Gasteiger partial charge in [0.1, 0.15) is 5.69 Å². The number of nitro benzene ring substituents is 1. The summed E-state index contributed by atoms with van der Waals surface area (Å²) in [6.07, 6.45) is 3.08. The summed E-state index contributed by atoms with van der Waals surface area (Å²) in [6.45, 7) is 1.50. The lowest BCUT2D eigenvalue weighted by Crippen LogP contribution is -2.30. The second-order valence-electron chi connectivity index (χ2n) is 6.06. The van der Waals surface area contributed by atoms with E-state index in [1.54, 1.807) is 24.3 Å². The normalized spacial score (nSPS) is 14.2. The van der Waals surface area contributed by atoms with Crippen LogP contribution < -0.4 is 10.2 Å². The minimum absolute atomic E-state index is 0.0456. The molecule has 0 unspecified atom stereocenters.